The molecule has 268 valence electrons. The van der Waals surface area contributed by atoms with Crippen LogP contribution in [0.5, 0.6) is 0 Å². The van der Waals surface area contributed by atoms with Crippen molar-refractivity contribution in [1.82, 2.24) is 30.0 Å². The zero-order chi connectivity index (χ0) is 35.4. The molecule has 1 aliphatic heterocycles. The van der Waals surface area contributed by atoms with E-state index < -0.39 is 0 Å². The molecule has 4 heterocycles. The van der Waals surface area contributed by atoms with E-state index in [2.05, 4.69) is 51.2 Å². The molecule has 10 heteroatoms. The third-order valence-corrected chi connectivity index (χ3v) is 12.4. The molecule has 9 rings (SSSR count). The first-order valence-electron chi connectivity index (χ1n) is 19.0. The minimum Gasteiger partial charge on any atom is -0.353 e. The summed E-state index contributed by atoms with van der Waals surface area (Å²) in [6.45, 7) is 11.0. The Morgan fingerprint density at radius 3 is 2.27 bits per heavy atom. The molecule has 10 nitrogen and oxygen atoms in total. The number of aryl methyl sites for hydroxylation is 2. The van der Waals surface area contributed by atoms with Crippen LogP contribution in [0.1, 0.15) is 98.4 Å². The Labute approximate surface area is 300 Å². The lowest BCUT2D eigenvalue weighted by atomic mass is 9.48. The molecule has 4 bridgehead atoms. The minimum atomic E-state index is -0.264. The van der Waals surface area contributed by atoms with Crippen molar-refractivity contribution in [3.05, 3.63) is 75.5 Å². The smallest absolute Gasteiger partial charge is 0.253 e. The number of carbonyl (C=O) groups is 2. The highest BCUT2D eigenvalue weighted by Crippen LogP contribution is 2.61. The largest absolute Gasteiger partial charge is 0.353 e. The number of nitrogens with one attached hydrogen (secondary N) is 2. The number of benzene rings is 1. The molecule has 2 N–H and O–H groups in total. The normalized spacial score (nSPS) is 24.1. The van der Waals surface area contributed by atoms with Crippen LogP contribution in [0.25, 0.3) is 22.0 Å². The Balaban J connectivity index is 0.936. The molecule has 2 amide bonds. The molecule has 51 heavy (non-hydrogen) atoms. The van der Waals surface area contributed by atoms with Gasteiger partial charge in [0.15, 0.2) is 0 Å². The second kappa shape index (κ2) is 13.3. The number of amides is 2. The van der Waals surface area contributed by atoms with Gasteiger partial charge in [0, 0.05) is 73.6 Å². The Morgan fingerprint density at radius 2 is 1.65 bits per heavy atom. The number of hydrogen-bond acceptors (Lipinski definition) is 6. The van der Waals surface area contributed by atoms with Crippen molar-refractivity contribution < 1.29 is 9.59 Å². The molecule has 1 aromatic carbocycles. The molecule has 4 aliphatic carbocycles. The summed E-state index contributed by atoms with van der Waals surface area (Å²) in [4.78, 5) is 51.7. The van der Waals surface area contributed by atoms with Crippen molar-refractivity contribution in [3.63, 3.8) is 0 Å². The van der Waals surface area contributed by atoms with Crippen molar-refractivity contribution in [3.8, 4) is 11.1 Å². The lowest BCUT2D eigenvalue weighted by Crippen LogP contribution is -2.50. The quantitative estimate of drug-likeness (QED) is 0.206. The standard InChI is InChI=1S/C41H51N7O3/c1-25(2)48-36-18-32(17-33(35(36)24-44-48)39(50)43-23-34-26(3)13-27(4)45-40(34)51)31-5-6-37(42-22-31)46-9-11-47(12-10-46)38(49)7-8-41-19-28-14-29(20-41)16-30(15-28)21-41/h5-6,13,17-18,22,24-25,28-30H,7-12,14-16,19-21,23H2,1-4H3,(H,43,50)(H,45,51). The van der Waals surface area contributed by atoms with Crippen LogP contribution in [-0.2, 0) is 11.3 Å². The number of H-pyrrole nitrogens is 1. The number of anilines is 1. The number of aromatic nitrogens is 4. The van der Waals surface area contributed by atoms with Crippen LogP contribution >= 0.6 is 0 Å². The van der Waals surface area contributed by atoms with E-state index in [9.17, 15) is 14.4 Å². The first-order valence-corrected chi connectivity index (χ1v) is 19.0. The van der Waals surface area contributed by atoms with E-state index in [1.54, 1.807) is 6.20 Å². The van der Waals surface area contributed by atoms with Gasteiger partial charge in [-0.2, -0.15) is 5.10 Å². The number of nitrogens with zero attached hydrogens (tertiary/aromatic N) is 5. The molecule has 0 radical (unpaired) electrons. The Kier molecular flexibility index (Phi) is 8.75. The third kappa shape index (κ3) is 6.58. The van der Waals surface area contributed by atoms with E-state index in [-0.39, 0.29) is 24.1 Å². The maximum atomic E-state index is 13.7. The molecule has 0 unspecified atom stereocenters. The lowest BCUT2D eigenvalue weighted by molar-refractivity contribution is -0.133. The van der Waals surface area contributed by atoms with Crippen LogP contribution in [0, 0.1) is 37.0 Å². The van der Waals surface area contributed by atoms with Crippen LogP contribution < -0.4 is 15.8 Å². The minimum absolute atomic E-state index is 0.102. The molecule has 5 aliphatic rings. The van der Waals surface area contributed by atoms with E-state index in [4.69, 9.17) is 4.98 Å². The summed E-state index contributed by atoms with van der Waals surface area (Å²) in [6, 6.07) is 10.1. The zero-order valence-electron chi connectivity index (χ0n) is 30.5. The van der Waals surface area contributed by atoms with Gasteiger partial charge in [-0.25, -0.2) is 4.98 Å². The average molecular weight is 690 g/mol. The highest BCUT2D eigenvalue weighted by Gasteiger charge is 2.50. The molecule has 3 aromatic heterocycles. The maximum Gasteiger partial charge on any atom is 0.253 e. The van der Waals surface area contributed by atoms with Crippen LogP contribution in [0.4, 0.5) is 5.82 Å². The molecule has 4 saturated carbocycles. The van der Waals surface area contributed by atoms with Gasteiger partial charge in [-0.1, -0.05) is 0 Å². The van der Waals surface area contributed by atoms with Crippen molar-refractivity contribution in [2.75, 3.05) is 31.1 Å². The molecule has 4 aromatic rings. The molecular weight excluding hydrogens is 638 g/mol. The average Bonchev–Trinajstić information content (AvgIpc) is 3.54. The van der Waals surface area contributed by atoms with Gasteiger partial charge in [-0.3, -0.25) is 19.1 Å². The van der Waals surface area contributed by atoms with Crippen LogP contribution in [0.3, 0.4) is 0 Å². The van der Waals surface area contributed by atoms with Gasteiger partial charge < -0.3 is 20.1 Å². The third-order valence-electron chi connectivity index (χ3n) is 12.4. The fourth-order valence-corrected chi connectivity index (χ4v) is 10.3. The molecular formula is C41H51N7O3. The fourth-order valence-electron chi connectivity index (χ4n) is 10.3. The molecule has 0 spiro atoms. The number of rotatable bonds is 9. The molecule has 1 saturated heterocycles. The number of pyridine rings is 2. The van der Waals surface area contributed by atoms with Gasteiger partial charge in [0.1, 0.15) is 5.82 Å². The van der Waals surface area contributed by atoms with Gasteiger partial charge in [0.25, 0.3) is 11.5 Å². The zero-order valence-corrected chi connectivity index (χ0v) is 30.5. The van der Waals surface area contributed by atoms with E-state index >= 15 is 0 Å². The first-order chi connectivity index (χ1) is 24.5. The predicted octanol–water partition coefficient (Wildman–Crippen LogP) is 6.56. The van der Waals surface area contributed by atoms with Crippen molar-refractivity contribution in [2.45, 2.75) is 91.6 Å². The summed E-state index contributed by atoms with van der Waals surface area (Å²) >= 11 is 0. The number of aromatic amines is 1. The summed E-state index contributed by atoms with van der Waals surface area (Å²) in [5.41, 5.74) is 5.57. The summed E-state index contributed by atoms with van der Waals surface area (Å²) in [7, 11) is 0. The number of hydrogen-bond donors (Lipinski definition) is 2. The van der Waals surface area contributed by atoms with Gasteiger partial charge in [-0.15, -0.1) is 0 Å². The van der Waals surface area contributed by atoms with Crippen LogP contribution in [0.2, 0.25) is 0 Å². The molecule has 5 fully saturated rings. The first kappa shape index (κ1) is 33.7. The Morgan fingerprint density at radius 1 is 0.941 bits per heavy atom. The summed E-state index contributed by atoms with van der Waals surface area (Å²) in [5, 5.41) is 8.35. The number of carbonyl (C=O) groups excluding carboxylic acids is 2. The number of fused-ring (bicyclic) bond motifs is 1. The highest BCUT2D eigenvalue weighted by atomic mass is 16.2. The van der Waals surface area contributed by atoms with E-state index in [1.807, 2.05) is 42.9 Å². The second-order valence-corrected chi connectivity index (χ2v) is 16.5. The van der Waals surface area contributed by atoms with E-state index in [1.165, 1.54) is 38.5 Å². The van der Waals surface area contributed by atoms with Gasteiger partial charge in [-0.05, 0) is 137 Å². The van der Waals surface area contributed by atoms with Crippen LogP contribution in [0.15, 0.2) is 47.5 Å². The topological polar surface area (TPSA) is 116 Å². The van der Waals surface area contributed by atoms with Crippen molar-refractivity contribution >= 4 is 28.5 Å². The van der Waals surface area contributed by atoms with Gasteiger partial charge in [0.2, 0.25) is 5.91 Å². The summed E-state index contributed by atoms with van der Waals surface area (Å²) in [6.07, 6.45) is 13.8. The van der Waals surface area contributed by atoms with Crippen LogP contribution in [-0.4, -0.2) is 62.6 Å². The maximum absolute atomic E-state index is 13.7. The molecule has 0 atom stereocenters. The SMILES string of the molecule is Cc1cc(C)c(CNC(=O)c2cc(-c3ccc(N4CCN(C(=O)CCC56CC7CC(CC(C7)C5)C6)CC4)nc3)cc3c2cnn3C(C)C)c(=O)[nH]1. The van der Waals surface area contributed by atoms with Crippen molar-refractivity contribution in [2.24, 2.45) is 23.2 Å². The second-order valence-electron chi connectivity index (χ2n) is 16.5. The Bertz CT molecular complexity index is 1980. The lowest BCUT2D eigenvalue weighted by Gasteiger charge is -2.57. The Hall–Kier alpha value is -4.47. The van der Waals surface area contributed by atoms with E-state index in [0.717, 1.165) is 89.5 Å². The van der Waals surface area contributed by atoms with Crippen molar-refractivity contribution in [1.29, 1.82) is 0 Å². The fraction of sp³-hybridized carbons (Fsp3) is 0.537. The summed E-state index contributed by atoms with van der Waals surface area (Å²) in [5.74, 6) is 3.73. The summed E-state index contributed by atoms with van der Waals surface area (Å²) < 4.78 is 1.93. The van der Waals surface area contributed by atoms with Gasteiger partial charge in [0.05, 0.1) is 17.3 Å². The number of piperazine rings is 1. The van der Waals surface area contributed by atoms with E-state index in [0.29, 0.717) is 28.9 Å². The monoisotopic (exact) mass is 689 g/mol. The predicted molar refractivity (Wildman–Crippen MR) is 200 cm³/mol. The van der Waals surface area contributed by atoms with Gasteiger partial charge >= 0.3 is 0 Å². The highest BCUT2D eigenvalue weighted by molar-refractivity contribution is 6.08.